The van der Waals surface area contributed by atoms with Crippen molar-refractivity contribution < 1.29 is 27.5 Å². The van der Waals surface area contributed by atoms with Gasteiger partial charge in [-0.05, 0) is 61.0 Å². The first-order chi connectivity index (χ1) is 15.3. The molecule has 3 aromatic carbocycles. The lowest BCUT2D eigenvalue weighted by molar-refractivity contribution is -0.137. The van der Waals surface area contributed by atoms with Gasteiger partial charge < -0.3 is 15.4 Å². The Balaban J connectivity index is 1.70. The van der Waals surface area contributed by atoms with E-state index in [9.17, 15) is 22.8 Å². The second-order valence-electron chi connectivity index (χ2n) is 6.94. The van der Waals surface area contributed by atoms with Crippen molar-refractivity contribution in [2.45, 2.75) is 19.5 Å². The molecule has 0 aliphatic carbocycles. The van der Waals surface area contributed by atoms with Gasteiger partial charge in [-0.3, -0.25) is 9.59 Å². The summed E-state index contributed by atoms with van der Waals surface area (Å²) in [6, 6.07) is 17.2. The van der Waals surface area contributed by atoms with E-state index in [1.807, 2.05) is 6.92 Å². The Hall–Kier alpha value is -3.81. The Morgan fingerprint density at radius 3 is 2.00 bits per heavy atom. The third-order valence-corrected chi connectivity index (χ3v) is 4.40. The number of carbonyl (C=O) groups excluding carboxylic acids is 2. The first-order valence-corrected chi connectivity index (χ1v) is 9.89. The molecule has 166 valence electrons. The molecule has 0 fully saturated rings. The van der Waals surface area contributed by atoms with Gasteiger partial charge in [0.15, 0.2) is 0 Å². The highest BCUT2D eigenvalue weighted by molar-refractivity contribution is 6.07. The van der Waals surface area contributed by atoms with Crippen LogP contribution in [0.1, 0.15) is 39.6 Å². The van der Waals surface area contributed by atoms with Crippen molar-refractivity contribution in [3.63, 3.8) is 0 Å². The summed E-state index contributed by atoms with van der Waals surface area (Å²) in [5.74, 6) is -0.411. The van der Waals surface area contributed by atoms with Gasteiger partial charge in [0.05, 0.1) is 12.2 Å². The summed E-state index contributed by atoms with van der Waals surface area (Å²) in [6.07, 6.45) is -3.67. The van der Waals surface area contributed by atoms with Crippen LogP contribution in [0.2, 0.25) is 0 Å². The van der Waals surface area contributed by atoms with Crippen LogP contribution in [0.3, 0.4) is 0 Å². The van der Waals surface area contributed by atoms with E-state index in [-0.39, 0.29) is 17.2 Å². The average molecular weight is 442 g/mol. The SMILES string of the molecule is CCCOc1cccc(C(=O)Nc2cccc(C(=O)Nc3cccc(C(F)(F)F)c3)c2)c1. The van der Waals surface area contributed by atoms with Crippen LogP contribution in [-0.4, -0.2) is 18.4 Å². The highest BCUT2D eigenvalue weighted by Gasteiger charge is 2.30. The Bertz CT molecular complexity index is 1110. The van der Waals surface area contributed by atoms with E-state index in [1.54, 1.807) is 36.4 Å². The van der Waals surface area contributed by atoms with Gasteiger partial charge in [-0.25, -0.2) is 0 Å². The van der Waals surface area contributed by atoms with Crippen molar-refractivity contribution in [1.29, 1.82) is 0 Å². The minimum Gasteiger partial charge on any atom is -0.494 e. The van der Waals surface area contributed by atoms with Crippen LogP contribution < -0.4 is 15.4 Å². The number of carbonyl (C=O) groups is 2. The molecule has 0 saturated heterocycles. The van der Waals surface area contributed by atoms with Crippen molar-refractivity contribution in [3.8, 4) is 5.75 Å². The number of ether oxygens (including phenoxy) is 1. The van der Waals surface area contributed by atoms with Crippen LogP contribution in [0.25, 0.3) is 0 Å². The fraction of sp³-hybridized carbons (Fsp3) is 0.167. The molecule has 3 rings (SSSR count). The first-order valence-electron chi connectivity index (χ1n) is 9.89. The third-order valence-electron chi connectivity index (χ3n) is 4.40. The summed E-state index contributed by atoms with van der Waals surface area (Å²) < 4.78 is 44.1. The standard InChI is InChI=1S/C24H21F3N2O3/c1-2-12-32-21-11-4-7-17(14-21)23(31)28-19-9-3-6-16(13-19)22(30)29-20-10-5-8-18(15-20)24(25,26)27/h3-11,13-15H,2,12H2,1H3,(H,28,31)(H,29,30). The van der Waals surface area contributed by atoms with Crippen LogP contribution in [0.15, 0.2) is 72.8 Å². The van der Waals surface area contributed by atoms with Crippen LogP contribution in [0, 0.1) is 0 Å². The van der Waals surface area contributed by atoms with E-state index in [4.69, 9.17) is 4.74 Å². The van der Waals surface area contributed by atoms with Crippen LogP contribution in [-0.2, 0) is 6.18 Å². The van der Waals surface area contributed by atoms with Gasteiger partial charge in [-0.15, -0.1) is 0 Å². The Morgan fingerprint density at radius 2 is 1.38 bits per heavy atom. The molecule has 2 amide bonds. The lowest BCUT2D eigenvalue weighted by Gasteiger charge is -2.11. The second kappa shape index (κ2) is 10.00. The van der Waals surface area contributed by atoms with Crippen LogP contribution in [0.5, 0.6) is 5.75 Å². The van der Waals surface area contributed by atoms with Crippen LogP contribution >= 0.6 is 0 Å². The summed E-state index contributed by atoms with van der Waals surface area (Å²) in [5, 5.41) is 5.15. The summed E-state index contributed by atoms with van der Waals surface area (Å²) in [5.41, 5.74) is 0.0915. The quantitative estimate of drug-likeness (QED) is 0.472. The molecule has 0 aliphatic rings. The number of rotatable bonds is 7. The predicted molar refractivity (Wildman–Crippen MR) is 116 cm³/mol. The van der Waals surface area contributed by atoms with E-state index in [1.165, 1.54) is 24.3 Å². The first kappa shape index (κ1) is 22.9. The molecule has 0 atom stereocenters. The topological polar surface area (TPSA) is 67.4 Å². The van der Waals surface area contributed by atoms with Crippen LogP contribution in [0.4, 0.5) is 24.5 Å². The largest absolute Gasteiger partial charge is 0.494 e. The molecule has 0 aromatic heterocycles. The Kier molecular flexibility index (Phi) is 7.14. The molecular weight excluding hydrogens is 421 g/mol. The zero-order valence-electron chi connectivity index (χ0n) is 17.2. The van der Waals surface area contributed by atoms with E-state index in [2.05, 4.69) is 10.6 Å². The summed E-state index contributed by atoms with van der Waals surface area (Å²) in [7, 11) is 0. The number of benzene rings is 3. The number of hydrogen-bond donors (Lipinski definition) is 2. The Morgan fingerprint density at radius 1 is 0.812 bits per heavy atom. The predicted octanol–water partition coefficient (Wildman–Crippen LogP) is 6.00. The molecule has 2 N–H and O–H groups in total. The molecule has 3 aromatic rings. The number of anilines is 2. The monoisotopic (exact) mass is 442 g/mol. The minimum absolute atomic E-state index is 0.0168. The van der Waals surface area contributed by atoms with E-state index < -0.39 is 17.6 Å². The molecule has 0 unspecified atom stereocenters. The lowest BCUT2D eigenvalue weighted by atomic mass is 10.1. The molecule has 8 heteroatoms. The Labute approximate surface area is 183 Å². The zero-order valence-corrected chi connectivity index (χ0v) is 17.2. The van der Waals surface area contributed by atoms with Crippen molar-refractivity contribution in [1.82, 2.24) is 0 Å². The molecule has 0 aliphatic heterocycles. The van der Waals surface area contributed by atoms with E-state index in [0.717, 1.165) is 18.6 Å². The number of halogens is 3. The highest BCUT2D eigenvalue weighted by atomic mass is 19.4. The van der Waals surface area contributed by atoms with E-state index in [0.29, 0.717) is 23.6 Å². The summed E-state index contributed by atoms with van der Waals surface area (Å²) in [6.45, 7) is 2.51. The van der Waals surface area contributed by atoms with Gasteiger partial charge in [0.2, 0.25) is 0 Å². The number of alkyl halides is 3. The van der Waals surface area contributed by atoms with Crippen molar-refractivity contribution in [2.24, 2.45) is 0 Å². The number of amides is 2. The van der Waals surface area contributed by atoms with Crippen molar-refractivity contribution in [3.05, 3.63) is 89.5 Å². The summed E-state index contributed by atoms with van der Waals surface area (Å²) in [4.78, 5) is 25.1. The molecule has 0 bridgehead atoms. The molecular formula is C24H21F3N2O3. The van der Waals surface area contributed by atoms with Gasteiger partial charge in [-0.2, -0.15) is 13.2 Å². The van der Waals surface area contributed by atoms with Gasteiger partial charge in [0.1, 0.15) is 5.75 Å². The van der Waals surface area contributed by atoms with Gasteiger partial charge in [0.25, 0.3) is 11.8 Å². The van der Waals surface area contributed by atoms with Crippen molar-refractivity contribution in [2.75, 3.05) is 17.2 Å². The summed E-state index contributed by atoms with van der Waals surface area (Å²) >= 11 is 0. The van der Waals surface area contributed by atoms with Gasteiger partial charge in [-0.1, -0.05) is 25.1 Å². The number of hydrogen-bond acceptors (Lipinski definition) is 3. The maximum absolute atomic E-state index is 12.9. The molecule has 32 heavy (non-hydrogen) atoms. The van der Waals surface area contributed by atoms with Gasteiger partial charge in [0, 0.05) is 22.5 Å². The van der Waals surface area contributed by atoms with E-state index >= 15 is 0 Å². The highest BCUT2D eigenvalue weighted by Crippen LogP contribution is 2.30. The zero-order chi connectivity index (χ0) is 23.1. The minimum atomic E-state index is -4.51. The fourth-order valence-electron chi connectivity index (χ4n) is 2.87. The molecule has 0 heterocycles. The van der Waals surface area contributed by atoms with Gasteiger partial charge >= 0.3 is 6.18 Å². The maximum Gasteiger partial charge on any atom is 0.416 e. The van der Waals surface area contributed by atoms with Crippen molar-refractivity contribution >= 4 is 23.2 Å². The fourth-order valence-corrected chi connectivity index (χ4v) is 2.87. The molecule has 5 nitrogen and oxygen atoms in total. The number of nitrogens with one attached hydrogen (secondary N) is 2. The molecule has 0 spiro atoms. The molecule has 0 radical (unpaired) electrons. The second-order valence-corrected chi connectivity index (χ2v) is 6.94. The molecule has 0 saturated carbocycles. The normalized spacial score (nSPS) is 11.0. The maximum atomic E-state index is 12.9. The average Bonchev–Trinajstić information content (AvgIpc) is 2.77. The lowest BCUT2D eigenvalue weighted by Crippen LogP contribution is -2.15. The third kappa shape index (κ3) is 6.10. The smallest absolute Gasteiger partial charge is 0.416 e.